The average Bonchev–Trinajstić information content (AvgIpc) is 2.28. The Morgan fingerprint density at radius 2 is 2.12 bits per heavy atom. The molecule has 0 spiro atoms. The van der Waals surface area contributed by atoms with Crippen LogP contribution in [0, 0.1) is 0 Å². The van der Waals surface area contributed by atoms with Crippen LogP contribution in [-0.2, 0) is 0 Å². The molecular weight excluding hydrogens is 238 g/mol. The molecular formula is C13H20ClNO2. The van der Waals surface area contributed by atoms with E-state index in [1.54, 1.807) is 0 Å². The summed E-state index contributed by atoms with van der Waals surface area (Å²) < 4.78 is 5.40. The lowest BCUT2D eigenvalue weighted by molar-refractivity contribution is 0.210. The number of halogens is 1. The van der Waals surface area contributed by atoms with Gasteiger partial charge in [0.25, 0.3) is 0 Å². The van der Waals surface area contributed by atoms with Gasteiger partial charge in [-0.1, -0.05) is 17.7 Å². The first-order valence-corrected chi connectivity index (χ1v) is 6.17. The molecule has 0 saturated heterocycles. The van der Waals surface area contributed by atoms with Crippen LogP contribution in [0.25, 0.3) is 0 Å². The minimum Gasteiger partial charge on any atom is -0.492 e. The molecule has 0 aromatic heterocycles. The highest BCUT2D eigenvalue weighted by atomic mass is 35.5. The van der Waals surface area contributed by atoms with E-state index < -0.39 is 0 Å². The van der Waals surface area contributed by atoms with Gasteiger partial charge in [0, 0.05) is 12.6 Å². The van der Waals surface area contributed by atoms with Crippen LogP contribution in [0.3, 0.4) is 0 Å². The number of ether oxygens (including phenoxy) is 1. The van der Waals surface area contributed by atoms with E-state index in [4.69, 9.17) is 21.4 Å². The summed E-state index contributed by atoms with van der Waals surface area (Å²) in [5.41, 5.74) is 1.09. The van der Waals surface area contributed by atoms with Gasteiger partial charge >= 0.3 is 0 Å². The Balaban J connectivity index is 2.93. The van der Waals surface area contributed by atoms with Crippen molar-refractivity contribution in [1.82, 2.24) is 4.90 Å². The molecule has 0 aliphatic rings. The molecule has 17 heavy (non-hydrogen) atoms. The zero-order chi connectivity index (χ0) is 12.8. The van der Waals surface area contributed by atoms with Crippen molar-refractivity contribution in [1.29, 1.82) is 0 Å². The van der Waals surface area contributed by atoms with E-state index in [1.165, 1.54) is 0 Å². The Morgan fingerprint density at radius 3 is 2.59 bits per heavy atom. The molecule has 0 heterocycles. The third kappa shape index (κ3) is 3.87. The lowest BCUT2D eigenvalue weighted by Crippen LogP contribution is -2.21. The number of hydrogen-bond donors (Lipinski definition) is 1. The van der Waals surface area contributed by atoms with Crippen molar-refractivity contribution in [3.8, 4) is 5.75 Å². The van der Waals surface area contributed by atoms with Gasteiger partial charge in [-0.15, -0.1) is 0 Å². The van der Waals surface area contributed by atoms with Gasteiger partial charge in [-0.05, 0) is 45.1 Å². The van der Waals surface area contributed by atoms with Gasteiger partial charge in [0.1, 0.15) is 5.75 Å². The quantitative estimate of drug-likeness (QED) is 0.851. The van der Waals surface area contributed by atoms with Crippen LogP contribution in [0.1, 0.15) is 24.9 Å². The third-order valence-electron chi connectivity index (χ3n) is 2.67. The van der Waals surface area contributed by atoms with Crippen LogP contribution in [0.15, 0.2) is 18.2 Å². The van der Waals surface area contributed by atoms with E-state index >= 15 is 0 Å². The maximum atomic E-state index is 9.07. The fourth-order valence-corrected chi connectivity index (χ4v) is 2.09. The number of rotatable bonds is 6. The Bertz CT molecular complexity index is 355. The highest BCUT2D eigenvalue weighted by Gasteiger charge is 2.15. The molecule has 0 bridgehead atoms. The summed E-state index contributed by atoms with van der Waals surface area (Å²) >= 11 is 6.15. The topological polar surface area (TPSA) is 32.7 Å². The second kappa shape index (κ2) is 6.84. The lowest BCUT2D eigenvalue weighted by Gasteiger charge is -2.24. The van der Waals surface area contributed by atoms with Crippen LogP contribution >= 0.6 is 11.6 Å². The predicted molar refractivity (Wildman–Crippen MR) is 70.8 cm³/mol. The van der Waals surface area contributed by atoms with Crippen LogP contribution in [0.5, 0.6) is 5.75 Å². The molecule has 96 valence electrons. The molecule has 1 aromatic rings. The number of hydrogen-bond acceptors (Lipinski definition) is 3. The summed E-state index contributed by atoms with van der Waals surface area (Å²) in [4.78, 5) is 2.07. The molecule has 0 aliphatic heterocycles. The molecule has 3 nitrogen and oxygen atoms in total. The second-order valence-electron chi connectivity index (χ2n) is 4.11. The maximum Gasteiger partial charge on any atom is 0.137 e. The largest absolute Gasteiger partial charge is 0.492 e. The van der Waals surface area contributed by atoms with E-state index in [2.05, 4.69) is 4.90 Å². The standard InChI is InChI=1S/C13H20ClNO2/c1-4-17-13-6-5-10(9-11(13)14)12(7-8-16)15(2)3/h5-6,9,12,16H,4,7-8H2,1-3H3. The SMILES string of the molecule is CCOc1ccc(C(CCO)N(C)C)cc1Cl. The van der Waals surface area contributed by atoms with Crippen molar-refractivity contribution in [3.05, 3.63) is 28.8 Å². The van der Waals surface area contributed by atoms with E-state index in [1.807, 2.05) is 39.2 Å². The van der Waals surface area contributed by atoms with E-state index in [0.29, 0.717) is 23.8 Å². The molecule has 1 N–H and O–H groups in total. The van der Waals surface area contributed by atoms with Crippen molar-refractivity contribution in [2.75, 3.05) is 27.3 Å². The summed E-state index contributed by atoms with van der Waals surface area (Å²) in [6.07, 6.45) is 0.692. The Kier molecular flexibility index (Phi) is 5.75. The van der Waals surface area contributed by atoms with Crippen molar-refractivity contribution in [3.63, 3.8) is 0 Å². The van der Waals surface area contributed by atoms with Crippen molar-refractivity contribution >= 4 is 11.6 Å². The maximum absolute atomic E-state index is 9.07. The van der Waals surface area contributed by atoms with Gasteiger partial charge in [-0.25, -0.2) is 0 Å². The van der Waals surface area contributed by atoms with Gasteiger partial charge in [0.15, 0.2) is 0 Å². The normalized spacial score (nSPS) is 12.8. The fraction of sp³-hybridized carbons (Fsp3) is 0.538. The molecule has 4 heteroatoms. The highest BCUT2D eigenvalue weighted by Crippen LogP contribution is 2.30. The minimum atomic E-state index is 0.160. The second-order valence-corrected chi connectivity index (χ2v) is 4.52. The Morgan fingerprint density at radius 1 is 1.41 bits per heavy atom. The summed E-state index contributed by atoms with van der Waals surface area (Å²) in [6.45, 7) is 2.69. The average molecular weight is 258 g/mol. The van der Waals surface area contributed by atoms with Crippen LogP contribution in [0.2, 0.25) is 5.02 Å². The molecule has 0 fully saturated rings. The predicted octanol–water partition coefficient (Wildman–Crippen LogP) is 2.72. The fourth-order valence-electron chi connectivity index (χ4n) is 1.84. The molecule has 1 rings (SSSR count). The van der Waals surface area contributed by atoms with Gasteiger partial charge in [-0.2, -0.15) is 0 Å². The first kappa shape index (κ1) is 14.3. The molecule has 0 aliphatic carbocycles. The highest BCUT2D eigenvalue weighted by molar-refractivity contribution is 6.32. The van der Waals surface area contributed by atoms with E-state index in [9.17, 15) is 0 Å². The molecule has 1 aromatic carbocycles. The zero-order valence-electron chi connectivity index (χ0n) is 10.6. The molecule has 0 radical (unpaired) electrons. The molecule has 1 unspecified atom stereocenters. The summed E-state index contributed by atoms with van der Waals surface area (Å²) in [5, 5.41) is 9.69. The van der Waals surface area contributed by atoms with E-state index in [-0.39, 0.29) is 12.6 Å². The number of aliphatic hydroxyl groups excluding tert-OH is 1. The zero-order valence-corrected chi connectivity index (χ0v) is 11.4. The van der Waals surface area contributed by atoms with Crippen molar-refractivity contribution in [2.24, 2.45) is 0 Å². The van der Waals surface area contributed by atoms with Crippen molar-refractivity contribution < 1.29 is 9.84 Å². The number of benzene rings is 1. The van der Waals surface area contributed by atoms with E-state index in [0.717, 1.165) is 5.56 Å². The van der Waals surface area contributed by atoms with Crippen molar-refractivity contribution in [2.45, 2.75) is 19.4 Å². The number of aliphatic hydroxyl groups is 1. The first-order valence-electron chi connectivity index (χ1n) is 5.79. The number of nitrogens with zero attached hydrogens (tertiary/aromatic N) is 1. The van der Waals surface area contributed by atoms with Crippen LogP contribution in [-0.4, -0.2) is 37.3 Å². The van der Waals surface area contributed by atoms with Gasteiger partial charge in [0.2, 0.25) is 0 Å². The monoisotopic (exact) mass is 257 g/mol. The Hall–Kier alpha value is -0.770. The molecule has 0 amide bonds. The van der Waals surface area contributed by atoms with Gasteiger partial charge in [0.05, 0.1) is 11.6 Å². The smallest absolute Gasteiger partial charge is 0.137 e. The summed E-state index contributed by atoms with van der Waals surface area (Å²) in [5.74, 6) is 0.708. The minimum absolute atomic E-state index is 0.160. The first-order chi connectivity index (χ1) is 8.10. The molecule has 0 saturated carbocycles. The Labute approximate surface area is 108 Å². The molecule has 1 atom stereocenters. The summed E-state index contributed by atoms with van der Waals surface area (Å²) in [6, 6.07) is 5.97. The van der Waals surface area contributed by atoms with Gasteiger partial charge < -0.3 is 14.7 Å². The van der Waals surface area contributed by atoms with Gasteiger partial charge in [-0.3, -0.25) is 0 Å². The van der Waals surface area contributed by atoms with Crippen LogP contribution in [0.4, 0.5) is 0 Å². The third-order valence-corrected chi connectivity index (χ3v) is 2.96. The summed E-state index contributed by atoms with van der Waals surface area (Å²) in [7, 11) is 3.98. The lowest BCUT2D eigenvalue weighted by atomic mass is 10.0. The van der Waals surface area contributed by atoms with Crippen LogP contribution < -0.4 is 4.74 Å².